The van der Waals surface area contributed by atoms with Crippen LogP contribution in [-0.2, 0) is 6.42 Å². The highest BCUT2D eigenvalue weighted by Gasteiger charge is 2.05. The van der Waals surface area contributed by atoms with Crippen LogP contribution < -0.4 is 10.5 Å². The van der Waals surface area contributed by atoms with E-state index in [4.69, 9.17) is 10.5 Å². The number of ether oxygens (including phenoxy) is 1. The molecular formula is C12H21N3O. The summed E-state index contributed by atoms with van der Waals surface area (Å²) in [6.45, 7) is 4.15. The lowest BCUT2D eigenvalue weighted by atomic mass is 10.2. The van der Waals surface area contributed by atoms with Gasteiger partial charge >= 0.3 is 0 Å². The van der Waals surface area contributed by atoms with Gasteiger partial charge in [-0.25, -0.2) is 0 Å². The summed E-state index contributed by atoms with van der Waals surface area (Å²) in [7, 11) is 4.05. The van der Waals surface area contributed by atoms with Crippen LogP contribution in [-0.4, -0.2) is 43.7 Å². The molecule has 0 amide bonds. The summed E-state index contributed by atoms with van der Waals surface area (Å²) < 4.78 is 5.70. The first-order valence-electron chi connectivity index (χ1n) is 5.57. The van der Waals surface area contributed by atoms with Crippen LogP contribution in [0.25, 0.3) is 0 Å². The molecule has 0 bridgehead atoms. The molecule has 90 valence electrons. The molecule has 0 aliphatic rings. The van der Waals surface area contributed by atoms with E-state index < -0.39 is 0 Å². The Kier molecular flexibility index (Phi) is 5.22. The van der Waals surface area contributed by atoms with Crippen molar-refractivity contribution in [1.82, 2.24) is 9.88 Å². The third-order valence-corrected chi connectivity index (χ3v) is 2.25. The molecule has 0 fully saturated rings. The molecule has 2 N–H and O–H groups in total. The number of pyridine rings is 1. The number of likely N-dealkylation sites (N-methyl/N-ethyl adjacent to an activating group) is 1. The standard InChI is InChI=1S/C12H21N3O/c1-10-4-5-12(11(14-10)6-7-13)16-9-8-15(2)3/h4-5H,6-9,13H2,1-3H3. The topological polar surface area (TPSA) is 51.4 Å². The highest BCUT2D eigenvalue weighted by molar-refractivity contribution is 5.29. The summed E-state index contributed by atoms with van der Waals surface area (Å²) in [6, 6.07) is 3.94. The van der Waals surface area contributed by atoms with Crippen LogP contribution in [0.2, 0.25) is 0 Å². The number of rotatable bonds is 6. The second kappa shape index (κ2) is 6.45. The van der Waals surface area contributed by atoms with Gasteiger partial charge in [0.25, 0.3) is 0 Å². The quantitative estimate of drug-likeness (QED) is 0.776. The molecule has 1 heterocycles. The molecule has 0 aliphatic heterocycles. The maximum absolute atomic E-state index is 5.70. The maximum atomic E-state index is 5.70. The van der Waals surface area contributed by atoms with Gasteiger partial charge in [-0.15, -0.1) is 0 Å². The lowest BCUT2D eigenvalue weighted by Crippen LogP contribution is -2.20. The molecule has 0 saturated heterocycles. The average Bonchev–Trinajstić information content (AvgIpc) is 2.21. The second-order valence-electron chi connectivity index (χ2n) is 4.09. The highest BCUT2D eigenvalue weighted by Crippen LogP contribution is 2.17. The van der Waals surface area contributed by atoms with E-state index in [0.29, 0.717) is 13.2 Å². The van der Waals surface area contributed by atoms with E-state index in [-0.39, 0.29) is 0 Å². The maximum Gasteiger partial charge on any atom is 0.140 e. The zero-order valence-electron chi connectivity index (χ0n) is 10.4. The van der Waals surface area contributed by atoms with Crippen molar-refractivity contribution in [3.8, 4) is 5.75 Å². The van der Waals surface area contributed by atoms with Crippen molar-refractivity contribution in [3.05, 3.63) is 23.5 Å². The summed E-state index contributed by atoms with van der Waals surface area (Å²) in [4.78, 5) is 6.53. The van der Waals surface area contributed by atoms with Gasteiger partial charge in [0.2, 0.25) is 0 Å². The SMILES string of the molecule is Cc1ccc(OCCN(C)C)c(CCN)n1. The Morgan fingerprint density at radius 3 is 2.75 bits per heavy atom. The van der Waals surface area contributed by atoms with Gasteiger partial charge in [-0.2, -0.15) is 0 Å². The van der Waals surface area contributed by atoms with E-state index >= 15 is 0 Å². The fraction of sp³-hybridized carbons (Fsp3) is 0.583. The lowest BCUT2D eigenvalue weighted by Gasteiger charge is -2.13. The molecule has 4 heteroatoms. The zero-order chi connectivity index (χ0) is 12.0. The Balaban J connectivity index is 2.63. The third kappa shape index (κ3) is 4.16. The van der Waals surface area contributed by atoms with Gasteiger partial charge in [0.05, 0.1) is 5.69 Å². The molecule has 0 atom stereocenters. The largest absolute Gasteiger partial charge is 0.490 e. The van der Waals surface area contributed by atoms with Crippen LogP contribution in [0.4, 0.5) is 0 Å². The molecule has 0 saturated carbocycles. The Labute approximate surface area is 97.4 Å². The number of hydrogen-bond donors (Lipinski definition) is 1. The van der Waals surface area contributed by atoms with Crippen molar-refractivity contribution < 1.29 is 4.74 Å². The number of hydrogen-bond acceptors (Lipinski definition) is 4. The van der Waals surface area contributed by atoms with Crippen LogP contribution in [0.5, 0.6) is 5.75 Å². The molecule has 0 unspecified atom stereocenters. The van der Waals surface area contributed by atoms with Crippen molar-refractivity contribution in [2.24, 2.45) is 5.73 Å². The summed E-state index contributed by atoms with van der Waals surface area (Å²) >= 11 is 0. The second-order valence-corrected chi connectivity index (χ2v) is 4.09. The van der Waals surface area contributed by atoms with E-state index in [0.717, 1.165) is 30.1 Å². The van der Waals surface area contributed by atoms with Crippen molar-refractivity contribution in [1.29, 1.82) is 0 Å². The Morgan fingerprint density at radius 2 is 2.12 bits per heavy atom. The van der Waals surface area contributed by atoms with Crippen LogP contribution in [0.15, 0.2) is 12.1 Å². The molecule has 1 aromatic heterocycles. The molecule has 0 aliphatic carbocycles. The van der Waals surface area contributed by atoms with Crippen LogP contribution >= 0.6 is 0 Å². The van der Waals surface area contributed by atoms with E-state index in [1.807, 2.05) is 33.2 Å². The summed E-state index contributed by atoms with van der Waals surface area (Å²) in [5.74, 6) is 0.859. The first-order chi connectivity index (χ1) is 7.63. The monoisotopic (exact) mass is 223 g/mol. The van der Waals surface area contributed by atoms with Crippen LogP contribution in [0.1, 0.15) is 11.4 Å². The van der Waals surface area contributed by atoms with E-state index in [2.05, 4.69) is 9.88 Å². The van der Waals surface area contributed by atoms with E-state index in [9.17, 15) is 0 Å². The first kappa shape index (κ1) is 12.9. The van der Waals surface area contributed by atoms with Gasteiger partial charge in [0, 0.05) is 18.7 Å². The number of nitrogens with zero attached hydrogens (tertiary/aromatic N) is 2. The molecule has 16 heavy (non-hydrogen) atoms. The van der Waals surface area contributed by atoms with Gasteiger partial charge in [-0.1, -0.05) is 0 Å². The summed E-state index contributed by atoms with van der Waals surface area (Å²) in [5, 5.41) is 0. The van der Waals surface area contributed by atoms with Crippen molar-refractivity contribution >= 4 is 0 Å². The molecule has 4 nitrogen and oxygen atoms in total. The van der Waals surface area contributed by atoms with Gasteiger partial charge in [0.15, 0.2) is 0 Å². The highest BCUT2D eigenvalue weighted by atomic mass is 16.5. The number of nitrogens with two attached hydrogens (primary N) is 1. The molecule has 0 spiro atoms. The van der Waals surface area contributed by atoms with Gasteiger partial charge < -0.3 is 15.4 Å². The van der Waals surface area contributed by atoms with Crippen molar-refractivity contribution in [3.63, 3.8) is 0 Å². The smallest absolute Gasteiger partial charge is 0.140 e. The summed E-state index contributed by atoms with van der Waals surface area (Å²) in [5.41, 5.74) is 7.52. The van der Waals surface area contributed by atoms with Crippen molar-refractivity contribution in [2.75, 3.05) is 33.8 Å². The van der Waals surface area contributed by atoms with Crippen molar-refractivity contribution in [2.45, 2.75) is 13.3 Å². The molecular weight excluding hydrogens is 202 g/mol. The Bertz CT molecular complexity index is 326. The normalized spacial score (nSPS) is 10.8. The molecule has 0 radical (unpaired) electrons. The summed E-state index contributed by atoms with van der Waals surface area (Å²) in [6.07, 6.45) is 0.763. The predicted molar refractivity (Wildman–Crippen MR) is 65.8 cm³/mol. The Morgan fingerprint density at radius 1 is 1.38 bits per heavy atom. The van der Waals surface area contributed by atoms with Crippen LogP contribution in [0, 0.1) is 6.92 Å². The fourth-order valence-electron chi connectivity index (χ4n) is 1.38. The fourth-order valence-corrected chi connectivity index (χ4v) is 1.38. The lowest BCUT2D eigenvalue weighted by molar-refractivity contribution is 0.258. The number of aryl methyl sites for hydroxylation is 1. The zero-order valence-corrected chi connectivity index (χ0v) is 10.4. The molecule has 0 aromatic carbocycles. The van der Waals surface area contributed by atoms with Gasteiger partial charge in [-0.3, -0.25) is 4.98 Å². The minimum absolute atomic E-state index is 0.598. The van der Waals surface area contributed by atoms with Gasteiger partial charge in [-0.05, 0) is 39.7 Å². The average molecular weight is 223 g/mol. The first-order valence-corrected chi connectivity index (χ1v) is 5.57. The molecule has 1 aromatic rings. The molecule has 1 rings (SSSR count). The van der Waals surface area contributed by atoms with Gasteiger partial charge in [0.1, 0.15) is 12.4 Å². The van der Waals surface area contributed by atoms with Crippen LogP contribution in [0.3, 0.4) is 0 Å². The minimum Gasteiger partial charge on any atom is -0.490 e. The number of aromatic nitrogens is 1. The van der Waals surface area contributed by atoms with E-state index in [1.54, 1.807) is 0 Å². The van der Waals surface area contributed by atoms with E-state index in [1.165, 1.54) is 0 Å². The third-order valence-electron chi connectivity index (χ3n) is 2.25. The minimum atomic E-state index is 0.598. The predicted octanol–water partition coefficient (Wildman–Crippen LogP) is 0.832. The Hall–Kier alpha value is -1.13.